The van der Waals surface area contributed by atoms with Crippen molar-refractivity contribution in [2.75, 3.05) is 13.2 Å². The molecule has 2 aromatic carbocycles. The fourth-order valence-corrected chi connectivity index (χ4v) is 3.75. The Morgan fingerprint density at radius 3 is 2.12 bits per heavy atom. The maximum atomic E-state index is 12.2. The first-order valence-corrected chi connectivity index (χ1v) is 8.35. The van der Waals surface area contributed by atoms with Crippen molar-refractivity contribution in [2.45, 2.75) is 18.4 Å². The molecule has 0 spiro atoms. The Bertz CT molecular complexity index is 774. The average molecular weight is 342 g/mol. The molecule has 1 amide bonds. The molecule has 4 rings (SSSR count). The number of likely N-dealkylation sites (tertiary alicyclic amines) is 1. The lowest BCUT2D eigenvalue weighted by Gasteiger charge is -2.37. The molecule has 0 N–H and O–H groups in total. The van der Waals surface area contributed by atoms with Gasteiger partial charge in [-0.15, -0.1) is 0 Å². The SMILES string of the molecule is O=C(Cl)[C@H]1CCN1C(=O)OCC1c2ccccc2-c2ccccc21. The van der Waals surface area contributed by atoms with Crippen molar-refractivity contribution in [3.63, 3.8) is 0 Å². The summed E-state index contributed by atoms with van der Waals surface area (Å²) in [7, 11) is 0. The molecule has 1 aliphatic carbocycles. The Balaban J connectivity index is 1.53. The largest absolute Gasteiger partial charge is 0.448 e. The molecule has 0 unspecified atom stereocenters. The number of halogens is 1. The second kappa shape index (κ2) is 5.95. The number of hydrogen-bond donors (Lipinski definition) is 0. The smallest absolute Gasteiger partial charge is 0.410 e. The van der Waals surface area contributed by atoms with Gasteiger partial charge >= 0.3 is 6.09 Å². The molecule has 0 saturated carbocycles. The van der Waals surface area contributed by atoms with E-state index in [1.165, 1.54) is 27.2 Å². The molecule has 1 saturated heterocycles. The van der Waals surface area contributed by atoms with Crippen LogP contribution in [-0.2, 0) is 9.53 Å². The Morgan fingerprint density at radius 1 is 1.04 bits per heavy atom. The zero-order valence-corrected chi connectivity index (χ0v) is 13.7. The van der Waals surface area contributed by atoms with Gasteiger partial charge in [0.1, 0.15) is 12.6 Å². The minimum Gasteiger partial charge on any atom is -0.448 e. The number of benzene rings is 2. The fourth-order valence-electron chi connectivity index (χ4n) is 3.52. The van der Waals surface area contributed by atoms with E-state index in [0.717, 1.165) is 0 Å². The lowest BCUT2D eigenvalue weighted by Crippen LogP contribution is -2.54. The summed E-state index contributed by atoms with van der Waals surface area (Å²) >= 11 is 5.49. The molecular weight excluding hydrogens is 326 g/mol. The van der Waals surface area contributed by atoms with Gasteiger partial charge in [-0.05, 0) is 40.3 Å². The van der Waals surface area contributed by atoms with Gasteiger partial charge < -0.3 is 4.74 Å². The molecule has 1 aliphatic heterocycles. The molecule has 1 fully saturated rings. The van der Waals surface area contributed by atoms with E-state index in [1.807, 2.05) is 24.3 Å². The highest BCUT2D eigenvalue weighted by Gasteiger charge is 2.38. The fraction of sp³-hybridized carbons (Fsp3) is 0.263. The van der Waals surface area contributed by atoms with Crippen molar-refractivity contribution in [2.24, 2.45) is 0 Å². The Labute approximate surface area is 145 Å². The second-order valence-corrected chi connectivity index (χ2v) is 6.48. The van der Waals surface area contributed by atoms with Crippen LogP contribution in [0.25, 0.3) is 11.1 Å². The lowest BCUT2D eigenvalue weighted by atomic mass is 9.98. The minimum atomic E-state index is -0.540. The Kier molecular flexibility index (Phi) is 3.77. The van der Waals surface area contributed by atoms with E-state index in [9.17, 15) is 9.59 Å². The number of amides is 1. The first-order chi connectivity index (χ1) is 11.7. The van der Waals surface area contributed by atoms with Crippen molar-refractivity contribution in [3.05, 3.63) is 59.7 Å². The molecule has 0 aromatic heterocycles. The van der Waals surface area contributed by atoms with Gasteiger partial charge in [-0.2, -0.15) is 0 Å². The van der Waals surface area contributed by atoms with Crippen LogP contribution in [0.2, 0.25) is 0 Å². The number of ether oxygens (including phenoxy) is 1. The van der Waals surface area contributed by atoms with Crippen LogP contribution < -0.4 is 0 Å². The third kappa shape index (κ3) is 2.38. The average Bonchev–Trinajstić information content (AvgIpc) is 2.85. The second-order valence-electron chi connectivity index (χ2n) is 6.11. The first kappa shape index (κ1) is 15.2. The molecule has 1 heterocycles. The predicted octanol–water partition coefficient (Wildman–Crippen LogP) is 3.78. The predicted molar refractivity (Wildman–Crippen MR) is 91.0 cm³/mol. The molecule has 2 aromatic rings. The summed E-state index contributed by atoms with van der Waals surface area (Å²) in [6.07, 6.45) is 0.133. The van der Waals surface area contributed by atoms with E-state index in [-0.39, 0.29) is 12.5 Å². The van der Waals surface area contributed by atoms with Crippen LogP contribution in [0.3, 0.4) is 0 Å². The summed E-state index contributed by atoms with van der Waals surface area (Å²) in [4.78, 5) is 24.8. The molecule has 0 bridgehead atoms. The van der Waals surface area contributed by atoms with E-state index < -0.39 is 17.4 Å². The van der Waals surface area contributed by atoms with Crippen molar-refractivity contribution in [1.82, 2.24) is 4.90 Å². The molecule has 1 atom stereocenters. The van der Waals surface area contributed by atoms with E-state index in [0.29, 0.717) is 13.0 Å². The van der Waals surface area contributed by atoms with Gasteiger partial charge in [-0.1, -0.05) is 48.5 Å². The lowest BCUT2D eigenvalue weighted by molar-refractivity contribution is -0.119. The summed E-state index contributed by atoms with van der Waals surface area (Å²) in [5, 5.41) is -0.505. The highest BCUT2D eigenvalue weighted by Crippen LogP contribution is 2.44. The number of rotatable bonds is 3. The third-order valence-electron chi connectivity index (χ3n) is 4.85. The van der Waals surface area contributed by atoms with Gasteiger partial charge in [0, 0.05) is 12.5 Å². The number of hydrogen-bond acceptors (Lipinski definition) is 3. The van der Waals surface area contributed by atoms with E-state index in [1.54, 1.807) is 0 Å². The standard InChI is InChI=1S/C19H16ClNO3/c20-18(22)17-9-10-21(17)19(23)24-11-16-14-7-3-1-5-12(14)13-6-2-4-8-15(13)16/h1-8,16-17H,9-11H2/t17-/m1/s1. The van der Waals surface area contributed by atoms with E-state index >= 15 is 0 Å². The molecule has 5 heteroatoms. The molecule has 0 radical (unpaired) electrons. The molecule has 4 nitrogen and oxygen atoms in total. The third-order valence-corrected chi connectivity index (χ3v) is 5.10. The summed E-state index contributed by atoms with van der Waals surface area (Å²) in [5.74, 6) is 0.0211. The molecule has 2 aliphatic rings. The monoisotopic (exact) mass is 341 g/mol. The van der Waals surface area contributed by atoms with Gasteiger partial charge in [0.25, 0.3) is 0 Å². The Hall–Kier alpha value is -2.33. The maximum absolute atomic E-state index is 12.2. The molecular formula is C19H16ClNO3. The number of carbonyl (C=O) groups is 2. The van der Waals surface area contributed by atoms with E-state index in [4.69, 9.17) is 16.3 Å². The zero-order valence-electron chi connectivity index (χ0n) is 12.9. The van der Waals surface area contributed by atoms with Crippen LogP contribution in [0.5, 0.6) is 0 Å². The van der Waals surface area contributed by atoms with Gasteiger partial charge in [-0.3, -0.25) is 9.69 Å². The van der Waals surface area contributed by atoms with Gasteiger partial charge in [-0.25, -0.2) is 4.79 Å². The van der Waals surface area contributed by atoms with Crippen molar-refractivity contribution >= 4 is 22.9 Å². The van der Waals surface area contributed by atoms with Crippen LogP contribution >= 0.6 is 11.6 Å². The molecule has 122 valence electrons. The van der Waals surface area contributed by atoms with E-state index in [2.05, 4.69) is 24.3 Å². The van der Waals surface area contributed by atoms with Crippen LogP contribution in [0.1, 0.15) is 23.5 Å². The normalized spacial score (nSPS) is 18.5. The summed E-state index contributed by atoms with van der Waals surface area (Å²) < 4.78 is 5.50. The van der Waals surface area contributed by atoms with Gasteiger partial charge in [0.2, 0.25) is 5.24 Å². The highest BCUT2D eigenvalue weighted by atomic mass is 35.5. The number of carbonyl (C=O) groups excluding carboxylic acids is 2. The van der Waals surface area contributed by atoms with Crippen molar-refractivity contribution in [1.29, 1.82) is 0 Å². The number of nitrogens with zero attached hydrogens (tertiary/aromatic N) is 1. The van der Waals surface area contributed by atoms with Crippen LogP contribution in [0.15, 0.2) is 48.5 Å². The summed E-state index contributed by atoms with van der Waals surface area (Å²) in [6, 6.07) is 15.8. The van der Waals surface area contributed by atoms with Crippen LogP contribution in [0, 0.1) is 0 Å². The van der Waals surface area contributed by atoms with Crippen LogP contribution in [0.4, 0.5) is 4.79 Å². The maximum Gasteiger partial charge on any atom is 0.410 e. The highest BCUT2D eigenvalue weighted by molar-refractivity contribution is 6.65. The molecule has 24 heavy (non-hydrogen) atoms. The summed E-state index contributed by atoms with van der Waals surface area (Å²) in [5.41, 5.74) is 4.71. The zero-order chi connectivity index (χ0) is 16.7. The van der Waals surface area contributed by atoms with Crippen LogP contribution in [-0.4, -0.2) is 35.4 Å². The first-order valence-electron chi connectivity index (χ1n) is 7.98. The van der Waals surface area contributed by atoms with Gasteiger partial charge in [0.15, 0.2) is 0 Å². The summed E-state index contributed by atoms with van der Waals surface area (Å²) in [6.45, 7) is 0.770. The number of fused-ring (bicyclic) bond motifs is 3. The van der Waals surface area contributed by atoms with Crippen molar-refractivity contribution < 1.29 is 14.3 Å². The minimum absolute atomic E-state index is 0.0211. The topological polar surface area (TPSA) is 46.6 Å². The Morgan fingerprint density at radius 2 is 1.62 bits per heavy atom. The quantitative estimate of drug-likeness (QED) is 0.798. The van der Waals surface area contributed by atoms with Gasteiger partial charge in [0.05, 0.1) is 0 Å². The van der Waals surface area contributed by atoms with Crippen molar-refractivity contribution in [3.8, 4) is 11.1 Å².